The number of hydrogen-bond acceptors (Lipinski definition) is 5. The molecule has 2 aromatic rings. The molecule has 4 aliphatic heterocycles. The summed E-state index contributed by atoms with van der Waals surface area (Å²) in [5.41, 5.74) is 4.27. The van der Waals surface area contributed by atoms with Gasteiger partial charge in [0.2, 0.25) is 0 Å². The Bertz CT molecular complexity index is 1160. The van der Waals surface area contributed by atoms with Gasteiger partial charge in [-0.05, 0) is 41.8 Å². The van der Waals surface area contributed by atoms with Crippen LogP contribution < -0.4 is 5.32 Å². The molecule has 30 heavy (non-hydrogen) atoms. The van der Waals surface area contributed by atoms with Crippen molar-refractivity contribution in [1.82, 2.24) is 4.90 Å². The van der Waals surface area contributed by atoms with Gasteiger partial charge in [0, 0.05) is 24.3 Å². The van der Waals surface area contributed by atoms with Crippen molar-refractivity contribution in [2.24, 2.45) is 4.99 Å². The van der Waals surface area contributed by atoms with Crippen LogP contribution in [0.4, 0.5) is 5.69 Å². The van der Waals surface area contributed by atoms with Crippen LogP contribution in [0.3, 0.4) is 0 Å². The second kappa shape index (κ2) is 6.55. The van der Waals surface area contributed by atoms with E-state index in [-0.39, 0.29) is 17.4 Å². The van der Waals surface area contributed by atoms with E-state index in [1.165, 1.54) is 22.9 Å². The van der Waals surface area contributed by atoms with Crippen LogP contribution in [0.5, 0.6) is 0 Å². The molecule has 1 fully saturated rings. The molecule has 1 N–H and O–H groups in total. The number of nitrogens with one attached hydrogen (secondary N) is 1. The predicted molar refractivity (Wildman–Crippen MR) is 116 cm³/mol. The minimum atomic E-state index is -0.334. The maximum absolute atomic E-state index is 12.7. The van der Waals surface area contributed by atoms with Gasteiger partial charge in [-0.2, -0.15) is 4.99 Å². The molecule has 2 aromatic carbocycles. The van der Waals surface area contributed by atoms with Gasteiger partial charge in [-0.15, -0.1) is 0 Å². The average Bonchev–Trinajstić information content (AvgIpc) is 3.42. The largest absolute Gasteiger partial charge is 0.365 e. The highest BCUT2D eigenvalue weighted by Gasteiger charge is 2.44. The SMILES string of the molecule is O=C1N=C(N2CCC3(CC2)OCc2ccccc23)S/C1=C1/C(=O)Nc2ccccc21. The number of ether oxygens (including phenoxy) is 1. The Labute approximate surface area is 178 Å². The summed E-state index contributed by atoms with van der Waals surface area (Å²) < 4.78 is 6.24. The molecule has 0 unspecified atom stereocenters. The summed E-state index contributed by atoms with van der Waals surface area (Å²) in [6, 6.07) is 15.9. The zero-order valence-electron chi connectivity index (χ0n) is 16.2. The van der Waals surface area contributed by atoms with Gasteiger partial charge in [-0.1, -0.05) is 42.5 Å². The van der Waals surface area contributed by atoms with Crippen LogP contribution in [0.1, 0.15) is 29.5 Å². The molecule has 4 heterocycles. The molecule has 0 radical (unpaired) electrons. The molecule has 4 aliphatic rings. The highest BCUT2D eigenvalue weighted by molar-refractivity contribution is 8.18. The minimum absolute atomic E-state index is 0.230. The van der Waals surface area contributed by atoms with Gasteiger partial charge in [0.25, 0.3) is 11.8 Å². The molecule has 7 heteroatoms. The van der Waals surface area contributed by atoms with Gasteiger partial charge in [0.1, 0.15) is 0 Å². The smallest absolute Gasteiger partial charge is 0.287 e. The number of fused-ring (bicyclic) bond motifs is 3. The first-order chi connectivity index (χ1) is 14.6. The van der Waals surface area contributed by atoms with Crippen molar-refractivity contribution < 1.29 is 14.3 Å². The fourth-order valence-electron chi connectivity index (χ4n) is 4.79. The number of rotatable bonds is 0. The third-order valence-corrected chi connectivity index (χ3v) is 7.45. The second-order valence-corrected chi connectivity index (χ2v) is 8.91. The van der Waals surface area contributed by atoms with Crippen molar-refractivity contribution >= 4 is 40.0 Å². The Morgan fingerprint density at radius 1 is 1.03 bits per heavy atom. The van der Waals surface area contributed by atoms with Crippen LogP contribution in [0.2, 0.25) is 0 Å². The van der Waals surface area contributed by atoms with Crippen molar-refractivity contribution in [2.75, 3.05) is 18.4 Å². The molecule has 1 saturated heterocycles. The number of carbonyl (C=O) groups excluding carboxylic acids is 2. The number of benzene rings is 2. The predicted octanol–water partition coefficient (Wildman–Crippen LogP) is 3.50. The summed E-state index contributed by atoms with van der Waals surface area (Å²) >= 11 is 1.31. The average molecular weight is 417 g/mol. The van der Waals surface area contributed by atoms with E-state index in [2.05, 4.69) is 39.5 Å². The van der Waals surface area contributed by atoms with Crippen molar-refractivity contribution in [3.05, 3.63) is 70.1 Å². The minimum Gasteiger partial charge on any atom is -0.365 e. The zero-order chi connectivity index (χ0) is 20.3. The molecular weight excluding hydrogens is 398 g/mol. The van der Waals surface area contributed by atoms with Gasteiger partial charge < -0.3 is 15.0 Å². The Kier molecular flexibility index (Phi) is 3.91. The van der Waals surface area contributed by atoms with E-state index in [0.717, 1.165) is 37.2 Å². The van der Waals surface area contributed by atoms with Crippen molar-refractivity contribution in [3.8, 4) is 0 Å². The topological polar surface area (TPSA) is 71.0 Å². The highest BCUT2D eigenvalue weighted by atomic mass is 32.2. The van der Waals surface area contributed by atoms with Gasteiger partial charge in [-0.3, -0.25) is 9.59 Å². The first kappa shape index (κ1) is 17.9. The van der Waals surface area contributed by atoms with E-state index in [0.29, 0.717) is 22.3 Å². The molecule has 0 aromatic heterocycles. The van der Waals surface area contributed by atoms with Crippen LogP contribution >= 0.6 is 11.8 Å². The van der Waals surface area contributed by atoms with Gasteiger partial charge in [-0.25, -0.2) is 0 Å². The maximum atomic E-state index is 12.7. The van der Waals surface area contributed by atoms with Crippen LogP contribution in [-0.4, -0.2) is 35.0 Å². The molecule has 0 bridgehead atoms. The number of piperidine rings is 1. The van der Waals surface area contributed by atoms with E-state index >= 15 is 0 Å². The normalized spacial score (nSPS) is 24.1. The Morgan fingerprint density at radius 2 is 1.80 bits per heavy atom. The second-order valence-electron chi connectivity index (χ2n) is 7.93. The van der Waals surface area contributed by atoms with Crippen molar-refractivity contribution in [2.45, 2.75) is 25.0 Å². The van der Waals surface area contributed by atoms with E-state index in [1.807, 2.05) is 24.3 Å². The third kappa shape index (κ3) is 2.58. The molecular formula is C23H19N3O3S. The lowest BCUT2D eigenvalue weighted by molar-refractivity contribution is -0.114. The lowest BCUT2D eigenvalue weighted by atomic mass is 9.84. The van der Waals surface area contributed by atoms with Crippen LogP contribution in [0.15, 0.2) is 58.4 Å². The van der Waals surface area contributed by atoms with E-state index in [1.54, 1.807) is 0 Å². The number of anilines is 1. The quantitative estimate of drug-likeness (QED) is 0.665. The number of amides is 2. The molecule has 2 amide bonds. The number of carbonyl (C=O) groups is 2. The fraction of sp³-hybridized carbons (Fsp3) is 0.261. The first-order valence-corrected chi connectivity index (χ1v) is 10.9. The monoisotopic (exact) mass is 417 g/mol. The van der Waals surface area contributed by atoms with Crippen LogP contribution in [-0.2, 0) is 26.5 Å². The van der Waals surface area contributed by atoms with Crippen molar-refractivity contribution in [3.63, 3.8) is 0 Å². The molecule has 6 nitrogen and oxygen atoms in total. The first-order valence-electron chi connectivity index (χ1n) is 10.1. The summed E-state index contributed by atoms with van der Waals surface area (Å²) in [4.78, 5) is 32.1. The summed E-state index contributed by atoms with van der Waals surface area (Å²) in [7, 11) is 0. The zero-order valence-corrected chi connectivity index (χ0v) is 17.0. The van der Waals surface area contributed by atoms with Crippen LogP contribution in [0, 0.1) is 0 Å². The Balaban J connectivity index is 1.24. The van der Waals surface area contributed by atoms with E-state index in [4.69, 9.17) is 4.74 Å². The van der Waals surface area contributed by atoms with Gasteiger partial charge in [0.15, 0.2) is 5.17 Å². The fourth-order valence-corrected chi connectivity index (χ4v) is 5.85. The molecule has 1 spiro atoms. The van der Waals surface area contributed by atoms with Crippen LogP contribution in [0.25, 0.3) is 5.57 Å². The third-order valence-electron chi connectivity index (χ3n) is 6.34. The maximum Gasteiger partial charge on any atom is 0.287 e. The van der Waals surface area contributed by atoms with Crippen molar-refractivity contribution in [1.29, 1.82) is 0 Å². The summed E-state index contributed by atoms with van der Waals surface area (Å²) in [6.45, 7) is 2.19. The number of amidine groups is 1. The molecule has 0 saturated carbocycles. The number of para-hydroxylation sites is 1. The summed E-state index contributed by atoms with van der Waals surface area (Å²) in [5.74, 6) is -0.573. The van der Waals surface area contributed by atoms with E-state index in [9.17, 15) is 9.59 Å². The summed E-state index contributed by atoms with van der Waals surface area (Å²) in [5, 5.41) is 3.52. The van der Waals surface area contributed by atoms with Gasteiger partial charge >= 0.3 is 0 Å². The number of hydrogen-bond donors (Lipinski definition) is 1. The number of thioether (sulfide) groups is 1. The lowest BCUT2D eigenvalue weighted by Gasteiger charge is -2.39. The highest BCUT2D eigenvalue weighted by Crippen LogP contribution is 2.46. The van der Waals surface area contributed by atoms with E-state index < -0.39 is 0 Å². The Hall–Kier alpha value is -2.90. The molecule has 150 valence electrons. The summed E-state index contributed by atoms with van der Waals surface area (Å²) in [6.07, 6.45) is 1.71. The lowest BCUT2D eigenvalue weighted by Crippen LogP contribution is -2.44. The standard InChI is InChI=1S/C23H19N3O3S/c27-20-18(15-6-2-4-8-17(15)24-20)19-21(28)25-22(30-19)26-11-9-23(10-12-26)16-7-3-1-5-14(16)13-29-23/h1-8H,9-13H2,(H,24,27)/b19-18+. The number of nitrogens with zero attached hydrogens (tertiary/aromatic N) is 2. The number of aliphatic imine (C=N–C) groups is 1. The molecule has 0 atom stereocenters. The van der Waals surface area contributed by atoms with Gasteiger partial charge in [0.05, 0.1) is 22.7 Å². The number of likely N-dealkylation sites (tertiary alicyclic amines) is 1. The molecule has 6 rings (SSSR count). The molecule has 0 aliphatic carbocycles. The Morgan fingerprint density at radius 3 is 2.67 bits per heavy atom.